The molecule has 0 heterocycles. The Kier molecular flexibility index (Phi) is 4.43. The molecule has 4 nitrogen and oxygen atoms in total. The number of nitrogens with zero attached hydrogens (tertiary/aromatic N) is 1. The number of carbonyl (C=O) groups excluding carboxylic acids is 1. The molecule has 1 aromatic carbocycles. The maximum Gasteiger partial charge on any atom is 0.309 e. The van der Waals surface area contributed by atoms with Crippen molar-refractivity contribution in [3.63, 3.8) is 0 Å². The van der Waals surface area contributed by atoms with Gasteiger partial charge in [-0.1, -0.05) is 17.7 Å². The topological polar surface area (TPSA) is 39.9 Å². The average Bonchev–Trinajstić information content (AvgIpc) is 2.31. The summed E-state index contributed by atoms with van der Waals surface area (Å²) in [7, 11) is 0. The van der Waals surface area contributed by atoms with Crippen LogP contribution in [-0.4, -0.2) is 17.7 Å². The Hall–Kier alpha value is -1.73. The van der Waals surface area contributed by atoms with Gasteiger partial charge in [0.15, 0.2) is 0 Å². The van der Waals surface area contributed by atoms with Gasteiger partial charge in [0.05, 0.1) is 17.5 Å². The van der Waals surface area contributed by atoms with Crippen LogP contribution in [0.15, 0.2) is 18.2 Å². The van der Waals surface area contributed by atoms with Gasteiger partial charge in [0, 0.05) is 0 Å². The monoisotopic (exact) mass is 307 g/mol. The third kappa shape index (κ3) is 4.12. The van der Waals surface area contributed by atoms with E-state index in [1.165, 1.54) is 0 Å². The van der Waals surface area contributed by atoms with Crippen LogP contribution in [0.1, 0.15) is 33.6 Å². The summed E-state index contributed by atoms with van der Waals surface area (Å²) in [5.41, 5.74) is -0.0455. The van der Waals surface area contributed by atoms with Crippen molar-refractivity contribution in [1.29, 1.82) is 0 Å². The second-order valence-corrected chi connectivity index (χ2v) is 6.57. The van der Waals surface area contributed by atoms with Gasteiger partial charge in [-0.15, -0.1) is 0 Å². The summed E-state index contributed by atoms with van der Waals surface area (Å²) in [6.45, 7) is 12.5. The molecule has 0 amide bonds. The first-order chi connectivity index (χ1) is 9.78. The zero-order chi connectivity index (χ0) is 15.6. The van der Waals surface area contributed by atoms with Crippen LogP contribution in [-0.2, 0) is 9.53 Å². The molecular weight excluding hydrogens is 290 g/mol. The van der Waals surface area contributed by atoms with Crippen LogP contribution >= 0.6 is 11.6 Å². The van der Waals surface area contributed by atoms with Gasteiger partial charge in [-0.25, -0.2) is 4.85 Å². The molecule has 0 unspecified atom stereocenters. The van der Waals surface area contributed by atoms with E-state index in [9.17, 15) is 4.79 Å². The lowest BCUT2D eigenvalue weighted by Crippen LogP contribution is -2.41. The van der Waals surface area contributed by atoms with E-state index >= 15 is 0 Å². The van der Waals surface area contributed by atoms with Gasteiger partial charge in [0.25, 0.3) is 0 Å². The Bertz CT molecular complexity index is 580. The predicted molar refractivity (Wildman–Crippen MR) is 80.7 cm³/mol. The molecule has 5 heteroatoms. The number of rotatable bonds is 3. The minimum Gasteiger partial charge on any atom is -0.490 e. The number of esters is 1. The number of carbonyl (C=O) groups is 1. The molecule has 1 aromatic rings. The second kappa shape index (κ2) is 5.95. The predicted octanol–water partition coefficient (Wildman–Crippen LogP) is 4.39. The molecule has 0 saturated heterocycles. The van der Waals surface area contributed by atoms with Gasteiger partial charge >= 0.3 is 5.97 Å². The lowest BCUT2D eigenvalue weighted by molar-refractivity contribution is -0.166. The first kappa shape index (κ1) is 15.7. The van der Waals surface area contributed by atoms with Crippen molar-refractivity contribution in [2.75, 3.05) is 0 Å². The largest absolute Gasteiger partial charge is 0.490 e. The van der Waals surface area contributed by atoms with Crippen LogP contribution < -0.4 is 4.74 Å². The molecule has 0 atom stereocenters. The van der Waals surface area contributed by atoms with Crippen LogP contribution in [0.4, 0.5) is 5.69 Å². The molecule has 0 N–H and O–H groups in total. The normalized spacial score (nSPS) is 21.1. The Morgan fingerprint density at radius 1 is 1.38 bits per heavy atom. The van der Waals surface area contributed by atoms with Gasteiger partial charge in [-0.05, 0) is 45.7 Å². The smallest absolute Gasteiger partial charge is 0.309 e. The summed E-state index contributed by atoms with van der Waals surface area (Å²) < 4.78 is 11.1. The Morgan fingerprint density at radius 2 is 2.05 bits per heavy atom. The fraction of sp³-hybridized carbons (Fsp3) is 0.500. The van der Waals surface area contributed by atoms with E-state index in [0.29, 0.717) is 29.3 Å². The van der Waals surface area contributed by atoms with Gasteiger partial charge in [-0.3, -0.25) is 4.79 Å². The summed E-state index contributed by atoms with van der Waals surface area (Å²) in [4.78, 5) is 15.1. The van der Waals surface area contributed by atoms with E-state index < -0.39 is 5.60 Å². The molecule has 0 aromatic heterocycles. The van der Waals surface area contributed by atoms with E-state index in [4.69, 9.17) is 27.6 Å². The van der Waals surface area contributed by atoms with Crippen molar-refractivity contribution in [3.8, 4) is 5.75 Å². The molecule has 0 bridgehead atoms. The van der Waals surface area contributed by atoms with Crippen molar-refractivity contribution in [2.24, 2.45) is 5.92 Å². The highest BCUT2D eigenvalue weighted by Crippen LogP contribution is 2.35. The highest BCUT2D eigenvalue weighted by atomic mass is 35.5. The van der Waals surface area contributed by atoms with Crippen LogP contribution in [0.25, 0.3) is 4.85 Å². The second-order valence-electron chi connectivity index (χ2n) is 6.17. The van der Waals surface area contributed by atoms with E-state index in [1.54, 1.807) is 18.2 Å². The molecule has 112 valence electrons. The summed E-state index contributed by atoms with van der Waals surface area (Å²) in [5.74, 6) is 0.371. The van der Waals surface area contributed by atoms with Crippen molar-refractivity contribution in [1.82, 2.24) is 0 Å². The Morgan fingerprint density at radius 3 is 2.57 bits per heavy atom. The summed E-state index contributed by atoms with van der Waals surface area (Å²) in [5, 5.41) is 0.380. The van der Waals surface area contributed by atoms with Crippen LogP contribution in [0.3, 0.4) is 0 Å². The van der Waals surface area contributed by atoms with E-state index in [1.807, 2.05) is 20.8 Å². The zero-order valence-corrected chi connectivity index (χ0v) is 13.1. The van der Waals surface area contributed by atoms with Crippen molar-refractivity contribution < 1.29 is 14.3 Å². The number of hydrogen-bond donors (Lipinski definition) is 0. The molecule has 1 saturated carbocycles. The third-order valence-electron chi connectivity index (χ3n) is 3.18. The lowest BCUT2D eigenvalue weighted by Gasteiger charge is -2.35. The molecule has 0 radical (unpaired) electrons. The molecule has 1 aliphatic rings. The summed E-state index contributed by atoms with van der Waals surface area (Å²) in [6, 6.07) is 4.99. The van der Waals surface area contributed by atoms with E-state index in [2.05, 4.69) is 4.85 Å². The fourth-order valence-corrected chi connectivity index (χ4v) is 2.30. The minimum atomic E-state index is -0.452. The third-order valence-corrected chi connectivity index (χ3v) is 3.48. The number of hydrogen-bond acceptors (Lipinski definition) is 3. The molecule has 0 spiro atoms. The first-order valence-corrected chi connectivity index (χ1v) is 7.23. The SMILES string of the molecule is [C-]#[N+]c1ccc(O[C@H]2C[C@H](C(=O)OC(C)(C)C)C2)cc1Cl. The Labute approximate surface area is 129 Å². The number of halogens is 1. The number of benzene rings is 1. The zero-order valence-electron chi connectivity index (χ0n) is 12.4. The molecule has 2 rings (SSSR count). The highest BCUT2D eigenvalue weighted by molar-refractivity contribution is 6.33. The van der Waals surface area contributed by atoms with Crippen molar-refractivity contribution in [2.45, 2.75) is 45.3 Å². The lowest BCUT2D eigenvalue weighted by atomic mass is 9.82. The molecular formula is C16H18ClNO3. The average molecular weight is 308 g/mol. The van der Waals surface area contributed by atoms with Crippen LogP contribution in [0.5, 0.6) is 5.75 Å². The first-order valence-electron chi connectivity index (χ1n) is 6.85. The summed E-state index contributed by atoms with van der Waals surface area (Å²) in [6.07, 6.45) is 1.30. The Balaban J connectivity index is 1.85. The summed E-state index contributed by atoms with van der Waals surface area (Å²) >= 11 is 5.96. The molecule has 21 heavy (non-hydrogen) atoms. The number of ether oxygens (including phenoxy) is 2. The van der Waals surface area contributed by atoms with Crippen molar-refractivity contribution in [3.05, 3.63) is 34.6 Å². The van der Waals surface area contributed by atoms with Crippen molar-refractivity contribution >= 4 is 23.3 Å². The van der Waals surface area contributed by atoms with Gasteiger partial charge in [0.1, 0.15) is 17.5 Å². The van der Waals surface area contributed by atoms with E-state index in [-0.39, 0.29) is 18.0 Å². The van der Waals surface area contributed by atoms with Gasteiger partial charge in [0.2, 0.25) is 5.69 Å². The fourth-order valence-electron chi connectivity index (χ4n) is 2.08. The maximum absolute atomic E-state index is 11.8. The van der Waals surface area contributed by atoms with Gasteiger partial charge in [-0.2, -0.15) is 0 Å². The maximum atomic E-state index is 11.8. The van der Waals surface area contributed by atoms with E-state index in [0.717, 1.165) is 0 Å². The molecule has 1 fully saturated rings. The van der Waals surface area contributed by atoms with Crippen LogP contribution in [0.2, 0.25) is 5.02 Å². The molecule has 1 aliphatic carbocycles. The van der Waals surface area contributed by atoms with Gasteiger partial charge < -0.3 is 9.47 Å². The quantitative estimate of drug-likeness (QED) is 0.614. The highest BCUT2D eigenvalue weighted by Gasteiger charge is 2.38. The molecule has 0 aliphatic heterocycles. The standard InChI is InChI=1S/C16H18ClNO3/c1-16(2,3)21-15(19)10-7-12(8-10)20-11-5-6-14(18-4)13(17)9-11/h5-6,9-10,12H,7-8H2,1-3H3/t10-,12-. The minimum absolute atomic E-state index is 0.00243. The van der Waals surface area contributed by atoms with Crippen LogP contribution in [0, 0.1) is 12.5 Å².